The zero-order valence-electron chi connectivity index (χ0n) is 16.3. The van der Waals surface area contributed by atoms with Gasteiger partial charge in [0, 0.05) is 29.8 Å². The minimum atomic E-state index is -0.944. The van der Waals surface area contributed by atoms with Crippen molar-refractivity contribution in [1.29, 1.82) is 0 Å². The van der Waals surface area contributed by atoms with E-state index in [4.69, 9.17) is 4.74 Å². The third kappa shape index (κ3) is 3.85. The summed E-state index contributed by atoms with van der Waals surface area (Å²) in [6, 6.07) is 5.48. The molecule has 8 heteroatoms. The number of amides is 1. The lowest BCUT2D eigenvalue weighted by Gasteiger charge is -2.14. The largest absolute Gasteiger partial charge is 0.487 e. The van der Waals surface area contributed by atoms with Crippen LogP contribution in [0.3, 0.4) is 0 Å². The molecular formula is C22H18F3N3O2. The lowest BCUT2D eigenvalue weighted by Crippen LogP contribution is -2.34. The van der Waals surface area contributed by atoms with Gasteiger partial charge in [-0.3, -0.25) is 9.78 Å². The second-order valence-electron chi connectivity index (χ2n) is 7.17. The molecule has 1 atom stereocenters. The summed E-state index contributed by atoms with van der Waals surface area (Å²) in [6.45, 7) is 3.65. The Morgan fingerprint density at radius 1 is 1.17 bits per heavy atom. The zero-order valence-corrected chi connectivity index (χ0v) is 16.3. The second-order valence-corrected chi connectivity index (χ2v) is 7.17. The van der Waals surface area contributed by atoms with Crippen molar-refractivity contribution in [3.63, 3.8) is 0 Å². The highest BCUT2D eigenvalue weighted by Crippen LogP contribution is 2.39. The van der Waals surface area contributed by atoms with E-state index < -0.39 is 29.5 Å². The predicted molar refractivity (Wildman–Crippen MR) is 104 cm³/mol. The van der Waals surface area contributed by atoms with E-state index in [-0.39, 0.29) is 12.1 Å². The maximum absolute atomic E-state index is 14.2. The van der Waals surface area contributed by atoms with Crippen molar-refractivity contribution in [1.82, 2.24) is 15.3 Å². The molecule has 2 heterocycles. The lowest BCUT2D eigenvalue weighted by molar-refractivity contribution is 0.0929. The van der Waals surface area contributed by atoms with Crippen LogP contribution in [-0.2, 0) is 6.42 Å². The normalized spacial score (nSPS) is 14.9. The molecule has 30 heavy (non-hydrogen) atoms. The smallest absolute Gasteiger partial charge is 0.254 e. The van der Waals surface area contributed by atoms with E-state index in [1.807, 2.05) is 0 Å². The molecule has 154 valence electrons. The van der Waals surface area contributed by atoms with Crippen molar-refractivity contribution < 1.29 is 22.7 Å². The molecule has 1 amide bonds. The molecule has 0 bridgehead atoms. The van der Waals surface area contributed by atoms with Crippen molar-refractivity contribution in [2.24, 2.45) is 0 Å². The predicted octanol–water partition coefficient (Wildman–Crippen LogP) is 3.91. The third-order valence-corrected chi connectivity index (χ3v) is 4.86. The summed E-state index contributed by atoms with van der Waals surface area (Å²) in [5.74, 6) is -2.32. The molecule has 0 spiro atoms. The Morgan fingerprint density at radius 2 is 1.97 bits per heavy atom. The minimum absolute atomic E-state index is 0.0733. The average Bonchev–Trinajstić information content (AvgIpc) is 3.10. The Morgan fingerprint density at radius 3 is 2.73 bits per heavy atom. The van der Waals surface area contributed by atoms with E-state index in [9.17, 15) is 18.0 Å². The van der Waals surface area contributed by atoms with Crippen LogP contribution >= 0.6 is 0 Å². The number of aryl methyl sites for hydroxylation is 2. The number of carbonyl (C=O) groups is 1. The first kappa shape index (κ1) is 19.9. The molecule has 4 rings (SSSR count). The lowest BCUT2D eigenvalue weighted by atomic mass is 10.0. The zero-order chi connectivity index (χ0) is 21.4. The summed E-state index contributed by atoms with van der Waals surface area (Å²) >= 11 is 0. The van der Waals surface area contributed by atoms with Crippen LogP contribution in [0.4, 0.5) is 13.2 Å². The number of hydrogen-bond donors (Lipinski definition) is 1. The average molecular weight is 413 g/mol. The van der Waals surface area contributed by atoms with Gasteiger partial charge in [-0.2, -0.15) is 0 Å². The highest BCUT2D eigenvalue weighted by molar-refractivity contribution is 5.94. The van der Waals surface area contributed by atoms with Crippen LogP contribution in [0.15, 0.2) is 36.5 Å². The quantitative estimate of drug-likeness (QED) is 0.705. The standard InChI is InChI=1S/C22H18F3N3O2/c1-11-9-26-12(2)20(28-11)18-7-15(24)5-13-6-16(30-21(13)18)10-27-22(29)17-4-3-14(23)8-19(17)25/h3-5,7-9,16H,6,10H2,1-2H3,(H,27,29)/t16-/m0/s1. The first-order valence-corrected chi connectivity index (χ1v) is 9.34. The first-order chi connectivity index (χ1) is 14.3. The van der Waals surface area contributed by atoms with Crippen LogP contribution < -0.4 is 10.1 Å². The summed E-state index contributed by atoms with van der Waals surface area (Å²) in [6.07, 6.45) is 1.53. The highest BCUT2D eigenvalue weighted by Gasteiger charge is 2.29. The number of aromatic nitrogens is 2. The molecule has 1 aliphatic heterocycles. The molecule has 0 radical (unpaired) electrons. The van der Waals surface area contributed by atoms with Crippen molar-refractivity contribution in [2.75, 3.05) is 6.54 Å². The Balaban J connectivity index is 1.53. The molecule has 2 aromatic carbocycles. The Kier molecular flexibility index (Phi) is 5.15. The number of benzene rings is 2. The molecule has 1 aliphatic rings. The molecule has 0 saturated carbocycles. The van der Waals surface area contributed by atoms with E-state index in [1.54, 1.807) is 20.0 Å². The monoisotopic (exact) mass is 413 g/mol. The number of rotatable bonds is 4. The van der Waals surface area contributed by atoms with E-state index in [0.29, 0.717) is 46.4 Å². The fraction of sp³-hybridized carbons (Fsp3) is 0.227. The van der Waals surface area contributed by atoms with Gasteiger partial charge < -0.3 is 10.1 Å². The second kappa shape index (κ2) is 7.78. The summed E-state index contributed by atoms with van der Waals surface area (Å²) < 4.78 is 47.0. The molecular weight excluding hydrogens is 395 g/mol. The van der Waals surface area contributed by atoms with Gasteiger partial charge in [0.2, 0.25) is 0 Å². The number of carbonyl (C=O) groups excluding carboxylic acids is 1. The SMILES string of the molecule is Cc1cnc(C)c(-c2cc(F)cc3c2O[C@H](CNC(=O)c2ccc(F)cc2F)C3)n1. The van der Waals surface area contributed by atoms with Crippen molar-refractivity contribution in [3.05, 3.63) is 76.5 Å². The van der Waals surface area contributed by atoms with Crippen molar-refractivity contribution in [2.45, 2.75) is 26.4 Å². The van der Waals surface area contributed by atoms with Gasteiger partial charge in [0.05, 0.1) is 29.2 Å². The van der Waals surface area contributed by atoms with Gasteiger partial charge in [0.15, 0.2) is 0 Å². The van der Waals surface area contributed by atoms with Gasteiger partial charge in [-0.05, 0) is 38.1 Å². The number of nitrogens with zero attached hydrogens (tertiary/aromatic N) is 2. The number of ether oxygens (including phenoxy) is 1. The van der Waals surface area contributed by atoms with Crippen LogP contribution in [0, 0.1) is 31.3 Å². The molecule has 3 aromatic rings. The summed E-state index contributed by atoms with van der Waals surface area (Å²) in [5, 5.41) is 2.58. The van der Waals surface area contributed by atoms with Crippen molar-refractivity contribution >= 4 is 5.91 Å². The third-order valence-electron chi connectivity index (χ3n) is 4.86. The fourth-order valence-electron chi connectivity index (χ4n) is 3.45. The summed E-state index contributed by atoms with van der Waals surface area (Å²) in [5.41, 5.74) is 2.75. The molecule has 1 N–H and O–H groups in total. The topological polar surface area (TPSA) is 64.1 Å². The van der Waals surface area contributed by atoms with Crippen LogP contribution in [0.5, 0.6) is 5.75 Å². The summed E-state index contributed by atoms with van der Waals surface area (Å²) in [4.78, 5) is 21.0. The van der Waals surface area contributed by atoms with E-state index in [2.05, 4.69) is 15.3 Å². The first-order valence-electron chi connectivity index (χ1n) is 9.34. The number of nitrogens with one attached hydrogen (secondary N) is 1. The summed E-state index contributed by atoms with van der Waals surface area (Å²) in [7, 11) is 0. The molecule has 1 aromatic heterocycles. The van der Waals surface area contributed by atoms with Crippen LogP contribution in [0.25, 0.3) is 11.3 Å². The molecule has 0 unspecified atom stereocenters. The van der Waals surface area contributed by atoms with E-state index >= 15 is 0 Å². The number of halogens is 3. The van der Waals surface area contributed by atoms with E-state index in [1.165, 1.54) is 12.1 Å². The van der Waals surface area contributed by atoms with Gasteiger partial charge in [-0.15, -0.1) is 0 Å². The highest BCUT2D eigenvalue weighted by atomic mass is 19.1. The Bertz CT molecular complexity index is 1150. The maximum atomic E-state index is 14.2. The van der Waals surface area contributed by atoms with Crippen molar-refractivity contribution in [3.8, 4) is 17.0 Å². The van der Waals surface area contributed by atoms with Gasteiger partial charge in [0.25, 0.3) is 5.91 Å². The van der Waals surface area contributed by atoms with Gasteiger partial charge in [-0.25, -0.2) is 18.2 Å². The van der Waals surface area contributed by atoms with Gasteiger partial charge in [-0.1, -0.05) is 0 Å². The Hall–Kier alpha value is -3.42. The minimum Gasteiger partial charge on any atom is -0.487 e. The number of hydrogen-bond acceptors (Lipinski definition) is 4. The molecule has 0 aliphatic carbocycles. The molecule has 0 fully saturated rings. The fourth-order valence-corrected chi connectivity index (χ4v) is 3.45. The van der Waals surface area contributed by atoms with Crippen LogP contribution in [0.2, 0.25) is 0 Å². The number of fused-ring (bicyclic) bond motifs is 1. The van der Waals surface area contributed by atoms with Crippen LogP contribution in [-0.4, -0.2) is 28.5 Å². The van der Waals surface area contributed by atoms with Crippen LogP contribution in [0.1, 0.15) is 27.3 Å². The molecule has 5 nitrogen and oxygen atoms in total. The van der Waals surface area contributed by atoms with Gasteiger partial charge in [0.1, 0.15) is 29.3 Å². The van der Waals surface area contributed by atoms with Gasteiger partial charge >= 0.3 is 0 Å². The molecule has 0 saturated heterocycles. The maximum Gasteiger partial charge on any atom is 0.254 e. The Labute approximate surface area is 170 Å². The van der Waals surface area contributed by atoms with E-state index in [0.717, 1.165) is 12.1 Å².